The summed E-state index contributed by atoms with van der Waals surface area (Å²) in [5, 5.41) is 6.85. The highest BCUT2D eigenvalue weighted by Crippen LogP contribution is 2.37. The zero-order chi connectivity index (χ0) is 21.7. The lowest BCUT2D eigenvalue weighted by Crippen LogP contribution is -2.48. The van der Waals surface area contributed by atoms with Gasteiger partial charge in [0.2, 0.25) is 10.0 Å². The van der Waals surface area contributed by atoms with Crippen LogP contribution in [-0.2, 0) is 16.2 Å². The minimum atomic E-state index is -4.58. The molecule has 0 spiro atoms. The van der Waals surface area contributed by atoms with E-state index in [0.717, 1.165) is 6.07 Å². The Bertz CT molecular complexity index is 1210. The summed E-state index contributed by atoms with van der Waals surface area (Å²) in [6.45, 7) is 0.459. The molecule has 7 nitrogen and oxygen atoms in total. The lowest BCUT2D eigenvalue weighted by Gasteiger charge is -2.35. The number of hydrogen-bond donors (Lipinski definition) is 0. The monoisotopic (exact) mass is 480 g/mol. The second-order valence-corrected chi connectivity index (χ2v) is 9.25. The molecule has 0 amide bonds. The van der Waals surface area contributed by atoms with E-state index >= 15 is 0 Å². The third-order valence-corrected chi connectivity index (χ3v) is 7.52. The molecule has 2 aromatic carbocycles. The zero-order valence-corrected chi connectivity index (χ0v) is 17.4. The summed E-state index contributed by atoms with van der Waals surface area (Å²) >= 11 is 11.8. The van der Waals surface area contributed by atoms with E-state index in [9.17, 15) is 21.6 Å². The zero-order valence-electron chi connectivity index (χ0n) is 15.0. The van der Waals surface area contributed by atoms with Crippen molar-refractivity contribution in [2.24, 2.45) is 0 Å². The summed E-state index contributed by atoms with van der Waals surface area (Å²) in [6, 6.07) is 6.50. The van der Waals surface area contributed by atoms with Crippen molar-refractivity contribution in [1.29, 1.82) is 0 Å². The van der Waals surface area contributed by atoms with Crippen LogP contribution in [0.5, 0.6) is 0 Å². The van der Waals surface area contributed by atoms with E-state index in [1.54, 1.807) is 4.90 Å². The van der Waals surface area contributed by atoms with Gasteiger partial charge in [0, 0.05) is 31.9 Å². The molecular formula is C17H13Cl2F3N4O3S. The molecular weight excluding hydrogens is 468 g/mol. The van der Waals surface area contributed by atoms with Crippen LogP contribution in [0.3, 0.4) is 0 Å². The van der Waals surface area contributed by atoms with Gasteiger partial charge in [-0.1, -0.05) is 23.2 Å². The standard InChI is InChI=1S/C17H13Cl2F3N4O3S/c18-12-2-1-10(9-11(12)17(20,21)22)25-5-7-26(8-6-25)30(27,28)16-13(19)3-4-14-15(16)24-29-23-14/h1-4,9H,5-8H2. The van der Waals surface area contributed by atoms with Gasteiger partial charge >= 0.3 is 6.18 Å². The fourth-order valence-electron chi connectivity index (χ4n) is 3.29. The van der Waals surface area contributed by atoms with Gasteiger partial charge in [-0.15, -0.1) is 0 Å². The molecule has 13 heteroatoms. The molecule has 0 saturated carbocycles. The van der Waals surface area contributed by atoms with E-state index in [2.05, 4.69) is 14.9 Å². The molecule has 1 aliphatic rings. The van der Waals surface area contributed by atoms with Gasteiger partial charge in [0.25, 0.3) is 0 Å². The highest BCUT2D eigenvalue weighted by atomic mass is 35.5. The molecule has 0 N–H and O–H groups in total. The first-order chi connectivity index (χ1) is 14.1. The number of nitrogens with zero attached hydrogens (tertiary/aromatic N) is 4. The average Bonchev–Trinajstić information content (AvgIpc) is 3.15. The fourth-order valence-corrected chi connectivity index (χ4v) is 5.56. The molecule has 0 unspecified atom stereocenters. The molecule has 1 saturated heterocycles. The van der Waals surface area contributed by atoms with Crippen LogP contribution in [0.15, 0.2) is 39.9 Å². The van der Waals surface area contributed by atoms with Crippen LogP contribution in [0.4, 0.5) is 18.9 Å². The maximum atomic E-state index is 13.1. The van der Waals surface area contributed by atoms with E-state index in [-0.39, 0.29) is 47.1 Å². The Morgan fingerprint density at radius 3 is 2.30 bits per heavy atom. The highest BCUT2D eigenvalue weighted by Gasteiger charge is 2.36. The lowest BCUT2D eigenvalue weighted by molar-refractivity contribution is -0.137. The lowest BCUT2D eigenvalue weighted by atomic mass is 10.1. The molecule has 2 heterocycles. The number of halogens is 5. The second-order valence-electron chi connectivity index (χ2n) is 6.56. The molecule has 0 atom stereocenters. The van der Waals surface area contributed by atoms with Crippen LogP contribution in [0.1, 0.15) is 5.56 Å². The van der Waals surface area contributed by atoms with Gasteiger partial charge in [-0.25, -0.2) is 13.0 Å². The van der Waals surface area contributed by atoms with E-state index in [1.165, 1.54) is 28.6 Å². The molecule has 0 radical (unpaired) electrons. The number of anilines is 1. The Labute approximate surface area is 179 Å². The summed E-state index contributed by atoms with van der Waals surface area (Å²) in [5.41, 5.74) is -0.353. The Hall–Kier alpha value is -2.08. The molecule has 0 bridgehead atoms. The number of piperazine rings is 1. The highest BCUT2D eigenvalue weighted by molar-refractivity contribution is 7.89. The van der Waals surface area contributed by atoms with Crippen molar-refractivity contribution < 1.29 is 26.2 Å². The van der Waals surface area contributed by atoms with Gasteiger partial charge in [0.15, 0.2) is 5.52 Å². The number of alkyl halides is 3. The van der Waals surface area contributed by atoms with Gasteiger partial charge in [-0.3, -0.25) is 0 Å². The van der Waals surface area contributed by atoms with Crippen molar-refractivity contribution in [3.63, 3.8) is 0 Å². The number of benzene rings is 2. The van der Waals surface area contributed by atoms with Crippen LogP contribution in [0.25, 0.3) is 11.0 Å². The first kappa shape index (κ1) is 21.2. The average molecular weight is 481 g/mol. The molecule has 0 aliphatic carbocycles. The SMILES string of the molecule is O=S(=O)(c1c(Cl)ccc2nonc12)N1CCN(c2ccc(Cl)c(C(F)(F)F)c2)CC1. The smallest absolute Gasteiger partial charge is 0.369 e. The summed E-state index contributed by atoms with van der Waals surface area (Å²) in [6.07, 6.45) is -4.58. The van der Waals surface area contributed by atoms with E-state index in [4.69, 9.17) is 23.2 Å². The minimum absolute atomic E-state index is 0.0202. The minimum Gasteiger partial charge on any atom is -0.369 e. The number of rotatable bonds is 3. The molecule has 30 heavy (non-hydrogen) atoms. The largest absolute Gasteiger partial charge is 0.417 e. The predicted octanol–water partition coefficient (Wildman–Crippen LogP) is 4.06. The van der Waals surface area contributed by atoms with Crippen LogP contribution in [0, 0.1) is 0 Å². The van der Waals surface area contributed by atoms with Gasteiger partial charge in [-0.2, -0.15) is 17.5 Å². The summed E-state index contributed by atoms with van der Waals surface area (Å²) < 4.78 is 71.5. The third-order valence-electron chi connectivity index (χ3n) is 4.79. The maximum Gasteiger partial charge on any atom is 0.417 e. The van der Waals surface area contributed by atoms with Gasteiger partial charge in [0.05, 0.1) is 15.6 Å². The predicted molar refractivity (Wildman–Crippen MR) is 104 cm³/mol. The topological polar surface area (TPSA) is 79.5 Å². The number of sulfonamides is 1. The quantitative estimate of drug-likeness (QED) is 0.562. The summed E-state index contributed by atoms with van der Waals surface area (Å²) in [7, 11) is -4.02. The van der Waals surface area contributed by atoms with E-state index in [0.29, 0.717) is 5.69 Å². The second kappa shape index (κ2) is 7.56. The molecule has 4 rings (SSSR count). The van der Waals surface area contributed by atoms with Crippen LogP contribution >= 0.6 is 23.2 Å². The van der Waals surface area contributed by atoms with Gasteiger partial charge in [0.1, 0.15) is 10.4 Å². The van der Waals surface area contributed by atoms with Crippen LogP contribution < -0.4 is 4.90 Å². The van der Waals surface area contributed by atoms with Crippen LogP contribution in [0.2, 0.25) is 10.0 Å². The van der Waals surface area contributed by atoms with Gasteiger partial charge in [-0.05, 0) is 40.6 Å². The summed E-state index contributed by atoms with van der Waals surface area (Å²) in [4.78, 5) is 1.46. The normalized spacial score (nSPS) is 16.4. The van der Waals surface area contributed by atoms with E-state index in [1.807, 2.05) is 0 Å². The Morgan fingerprint density at radius 1 is 0.967 bits per heavy atom. The maximum absolute atomic E-state index is 13.1. The van der Waals surface area contributed by atoms with Crippen molar-refractivity contribution in [2.75, 3.05) is 31.1 Å². The Morgan fingerprint density at radius 2 is 1.63 bits per heavy atom. The van der Waals surface area contributed by atoms with Crippen molar-refractivity contribution in [1.82, 2.24) is 14.6 Å². The molecule has 1 fully saturated rings. The Kier molecular flexibility index (Phi) is 5.33. The van der Waals surface area contributed by atoms with Crippen molar-refractivity contribution in [2.45, 2.75) is 11.1 Å². The third kappa shape index (κ3) is 3.70. The number of aromatic nitrogens is 2. The van der Waals surface area contributed by atoms with E-state index < -0.39 is 26.8 Å². The molecule has 1 aromatic heterocycles. The molecule has 160 valence electrons. The first-order valence-corrected chi connectivity index (χ1v) is 10.8. The van der Waals surface area contributed by atoms with Gasteiger partial charge < -0.3 is 4.90 Å². The van der Waals surface area contributed by atoms with Crippen LogP contribution in [-0.4, -0.2) is 49.2 Å². The van der Waals surface area contributed by atoms with Crippen molar-refractivity contribution in [3.05, 3.63) is 45.9 Å². The number of fused-ring (bicyclic) bond motifs is 1. The number of hydrogen-bond acceptors (Lipinski definition) is 6. The Balaban J connectivity index is 1.58. The molecule has 3 aromatic rings. The molecule has 1 aliphatic heterocycles. The fraction of sp³-hybridized carbons (Fsp3) is 0.294. The first-order valence-electron chi connectivity index (χ1n) is 8.61. The summed E-state index contributed by atoms with van der Waals surface area (Å²) in [5.74, 6) is 0. The van der Waals surface area contributed by atoms with Crippen molar-refractivity contribution in [3.8, 4) is 0 Å². The van der Waals surface area contributed by atoms with Crippen molar-refractivity contribution >= 4 is 49.9 Å².